The maximum Gasteiger partial charge on any atom is 0.0644 e. The van der Waals surface area contributed by atoms with Crippen LogP contribution in [0.5, 0.6) is 0 Å². The highest BCUT2D eigenvalue weighted by Gasteiger charge is 2.27. The summed E-state index contributed by atoms with van der Waals surface area (Å²) in [4.78, 5) is 6.70. The van der Waals surface area contributed by atoms with Crippen LogP contribution in [-0.2, 0) is 6.54 Å². The van der Waals surface area contributed by atoms with Crippen molar-refractivity contribution in [2.24, 2.45) is 0 Å². The summed E-state index contributed by atoms with van der Waals surface area (Å²) in [6.45, 7) is 4.70. The molecule has 0 radical (unpaired) electrons. The highest BCUT2D eigenvalue weighted by molar-refractivity contribution is 9.10. The number of aliphatic hydroxyl groups is 1. The third kappa shape index (κ3) is 3.27. The fraction of sp³-hybridized carbons (Fsp3) is 0.583. The quantitative estimate of drug-likeness (QED) is 0.905. The van der Waals surface area contributed by atoms with E-state index in [9.17, 15) is 5.11 Å². The van der Waals surface area contributed by atoms with Crippen molar-refractivity contribution < 1.29 is 5.11 Å². The van der Waals surface area contributed by atoms with Gasteiger partial charge in [0.2, 0.25) is 0 Å². The molecule has 0 aromatic carbocycles. The van der Waals surface area contributed by atoms with Crippen molar-refractivity contribution in [3.63, 3.8) is 0 Å². The van der Waals surface area contributed by atoms with Gasteiger partial charge >= 0.3 is 0 Å². The van der Waals surface area contributed by atoms with Crippen LogP contribution in [0.1, 0.15) is 25.5 Å². The second-order valence-electron chi connectivity index (χ2n) is 4.74. The second-order valence-corrected chi connectivity index (χ2v) is 5.66. The van der Waals surface area contributed by atoms with Crippen LogP contribution in [0.25, 0.3) is 0 Å². The van der Waals surface area contributed by atoms with Gasteiger partial charge in [0.25, 0.3) is 0 Å². The summed E-state index contributed by atoms with van der Waals surface area (Å²) >= 11 is 3.38. The molecule has 4 heteroatoms. The average Bonchev–Trinajstić information content (AvgIpc) is 2.24. The number of hydrogen-bond donors (Lipinski definition) is 1. The SMILES string of the molecule is CC1(O)CCN(Cc2ccc(Br)cn2)CC1. The molecule has 0 saturated carbocycles. The van der Waals surface area contributed by atoms with E-state index in [1.807, 2.05) is 25.3 Å². The van der Waals surface area contributed by atoms with E-state index >= 15 is 0 Å². The van der Waals surface area contributed by atoms with Crippen molar-refractivity contribution in [2.75, 3.05) is 13.1 Å². The van der Waals surface area contributed by atoms with Gasteiger partial charge < -0.3 is 5.11 Å². The first-order chi connectivity index (χ1) is 7.55. The minimum absolute atomic E-state index is 0.469. The third-order valence-electron chi connectivity index (χ3n) is 3.11. The Hall–Kier alpha value is -0.450. The Morgan fingerprint density at radius 2 is 2.12 bits per heavy atom. The Morgan fingerprint density at radius 1 is 1.44 bits per heavy atom. The van der Waals surface area contributed by atoms with Gasteiger partial charge in [0, 0.05) is 30.3 Å². The molecule has 3 nitrogen and oxygen atoms in total. The summed E-state index contributed by atoms with van der Waals surface area (Å²) in [5.41, 5.74) is 0.619. The topological polar surface area (TPSA) is 36.4 Å². The fourth-order valence-corrected chi connectivity index (χ4v) is 2.16. The van der Waals surface area contributed by atoms with Gasteiger partial charge in [0.05, 0.1) is 11.3 Å². The lowest BCUT2D eigenvalue weighted by atomic mass is 9.94. The van der Waals surface area contributed by atoms with Crippen molar-refractivity contribution in [3.8, 4) is 0 Å². The summed E-state index contributed by atoms with van der Waals surface area (Å²) in [6.07, 6.45) is 3.53. The molecule has 1 aliphatic heterocycles. The van der Waals surface area contributed by atoms with E-state index < -0.39 is 5.60 Å². The van der Waals surface area contributed by atoms with Crippen molar-refractivity contribution >= 4 is 15.9 Å². The number of aromatic nitrogens is 1. The molecule has 1 aromatic rings. The molecule has 0 aliphatic carbocycles. The highest BCUT2D eigenvalue weighted by atomic mass is 79.9. The number of piperidine rings is 1. The van der Waals surface area contributed by atoms with Crippen LogP contribution in [0, 0.1) is 0 Å². The van der Waals surface area contributed by atoms with Crippen LogP contribution in [-0.4, -0.2) is 33.7 Å². The zero-order valence-electron chi connectivity index (χ0n) is 9.49. The molecule has 1 saturated heterocycles. The Balaban J connectivity index is 1.89. The van der Waals surface area contributed by atoms with E-state index in [-0.39, 0.29) is 0 Å². The fourth-order valence-electron chi connectivity index (χ4n) is 1.92. The Bertz CT molecular complexity index is 341. The average molecular weight is 285 g/mol. The lowest BCUT2D eigenvalue weighted by Gasteiger charge is -2.35. The van der Waals surface area contributed by atoms with Gasteiger partial charge in [-0.25, -0.2) is 0 Å². The number of rotatable bonds is 2. The van der Waals surface area contributed by atoms with Crippen LogP contribution in [0.15, 0.2) is 22.8 Å². The van der Waals surface area contributed by atoms with Crippen LogP contribution >= 0.6 is 15.9 Å². The first-order valence-corrected chi connectivity index (χ1v) is 6.40. The molecule has 16 heavy (non-hydrogen) atoms. The molecule has 2 rings (SSSR count). The molecule has 2 heterocycles. The monoisotopic (exact) mass is 284 g/mol. The summed E-state index contributed by atoms with van der Waals surface area (Å²) in [5.74, 6) is 0. The molecule has 0 unspecified atom stereocenters. The van der Waals surface area contributed by atoms with E-state index in [1.54, 1.807) is 0 Å². The summed E-state index contributed by atoms with van der Waals surface area (Å²) in [5, 5.41) is 9.85. The molecule has 1 aliphatic rings. The number of hydrogen-bond acceptors (Lipinski definition) is 3. The molecular formula is C12H17BrN2O. The number of pyridine rings is 1. The Labute approximate surface area is 105 Å². The van der Waals surface area contributed by atoms with E-state index in [4.69, 9.17) is 0 Å². The predicted octanol–water partition coefficient (Wildman–Crippen LogP) is 2.19. The van der Waals surface area contributed by atoms with Gasteiger partial charge in [-0.05, 0) is 47.8 Å². The molecule has 1 aromatic heterocycles. The third-order valence-corrected chi connectivity index (χ3v) is 3.58. The lowest BCUT2D eigenvalue weighted by molar-refractivity contribution is -0.00757. The molecule has 1 N–H and O–H groups in total. The standard InChI is InChI=1S/C12H17BrN2O/c1-12(16)4-6-15(7-5-12)9-11-3-2-10(13)8-14-11/h2-3,8,16H,4-7,9H2,1H3. The summed E-state index contributed by atoms with van der Waals surface area (Å²) in [6, 6.07) is 4.05. The van der Waals surface area contributed by atoms with Gasteiger partial charge in [-0.2, -0.15) is 0 Å². The van der Waals surface area contributed by atoms with Gasteiger partial charge in [-0.1, -0.05) is 0 Å². The van der Waals surface area contributed by atoms with Crippen LogP contribution in [0.2, 0.25) is 0 Å². The first-order valence-electron chi connectivity index (χ1n) is 5.60. The second kappa shape index (κ2) is 4.82. The predicted molar refractivity (Wildman–Crippen MR) is 67.1 cm³/mol. The Kier molecular flexibility index (Phi) is 3.62. The molecule has 1 fully saturated rings. The molecule has 88 valence electrons. The molecule has 0 amide bonds. The zero-order chi connectivity index (χ0) is 11.6. The smallest absolute Gasteiger partial charge is 0.0644 e. The number of nitrogens with zero attached hydrogens (tertiary/aromatic N) is 2. The van der Waals surface area contributed by atoms with Crippen LogP contribution in [0.3, 0.4) is 0 Å². The van der Waals surface area contributed by atoms with Crippen LogP contribution < -0.4 is 0 Å². The minimum Gasteiger partial charge on any atom is -0.390 e. The van der Waals surface area contributed by atoms with Crippen molar-refractivity contribution in [1.82, 2.24) is 9.88 Å². The molecule has 0 spiro atoms. The van der Waals surface area contributed by atoms with Gasteiger partial charge in [0.15, 0.2) is 0 Å². The minimum atomic E-state index is -0.469. The van der Waals surface area contributed by atoms with E-state index in [2.05, 4.69) is 25.8 Å². The van der Waals surface area contributed by atoms with Gasteiger partial charge in [-0.3, -0.25) is 9.88 Å². The number of halogens is 1. The van der Waals surface area contributed by atoms with Crippen molar-refractivity contribution in [3.05, 3.63) is 28.5 Å². The van der Waals surface area contributed by atoms with Gasteiger partial charge in [0.1, 0.15) is 0 Å². The largest absolute Gasteiger partial charge is 0.390 e. The number of likely N-dealkylation sites (tertiary alicyclic amines) is 1. The van der Waals surface area contributed by atoms with Crippen molar-refractivity contribution in [1.29, 1.82) is 0 Å². The lowest BCUT2D eigenvalue weighted by Crippen LogP contribution is -2.42. The van der Waals surface area contributed by atoms with E-state index in [0.29, 0.717) is 0 Å². The normalized spacial score (nSPS) is 20.9. The maximum absolute atomic E-state index is 9.85. The molecule has 0 bridgehead atoms. The summed E-state index contributed by atoms with van der Waals surface area (Å²) in [7, 11) is 0. The zero-order valence-corrected chi connectivity index (χ0v) is 11.1. The molecule has 0 atom stereocenters. The van der Waals surface area contributed by atoms with E-state index in [1.165, 1.54) is 0 Å². The van der Waals surface area contributed by atoms with Crippen molar-refractivity contribution in [2.45, 2.75) is 31.9 Å². The first kappa shape index (κ1) is 12.0. The van der Waals surface area contributed by atoms with E-state index in [0.717, 1.165) is 42.6 Å². The maximum atomic E-state index is 9.85. The highest BCUT2D eigenvalue weighted by Crippen LogP contribution is 2.22. The Morgan fingerprint density at radius 3 is 2.69 bits per heavy atom. The molecular weight excluding hydrogens is 268 g/mol. The van der Waals surface area contributed by atoms with Gasteiger partial charge in [-0.15, -0.1) is 0 Å². The van der Waals surface area contributed by atoms with Crippen LogP contribution in [0.4, 0.5) is 0 Å². The summed E-state index contributed by atoms with van der Waals surface area (Å²) < 4.78 is 1.01.